The van der Waals surface area contributed by atoms with E-state index in [0.29, 0.717) is 0 Å². The van der Waals surface area contributed by atoms with Crippen molar-refractivity contribution in [3.63, 3.8) is 0 Å². The fraction of sp³-hybridized carbons (Fsp3) is 0.164. The zero-order valence-electron chi connectivity index (χ0n) is 47.8. The van der Waals surface area contributed by atoms with Gasteiger partial charge in [-0.05, 0) is 136 Å². The van der Waals surface area contributed by atoms with Gasteiger partial charge >= 0.3 is 0 Å². The average molecular weight is 1090 g/mol. The van der Waals surface area contributed by atoms with Crippen LogP contribution < -0.4 is 0 Å². The van der Waals surface area contributed by atoms with E-state index in [1.54, 1.807) is 44.2 Å². The molecule has 82 heavy (non-hydrogen) atoms. The Hall–Kier alpha value is -10.8. The first-order valence-corrected chi connectivity index (χ1v) is 25.6. The zero-order valence-corrected chi connectivity index (χ0v) is 47.8. The molecule has 10 heterocycles. The van der Waals surface area contributed by atoms with Crippen LogP contribution in [0.15, 0.2) is 227 Å². The van der Waals surface area contributed by atoms with E-state index in [1.807, 2.05) is 149 Å². The standard InChI is InChI=1S/C10H9N.C9H9N.2C8H8N2.C6H7N.2C5H6N2.2C4H5N3.C2H4N4/c1-8-6-9-4-2-3-5-10(9)11-7-8;1-10-7-6-8-4-2-3-5-9(8)10;1-10-6-9-7-4-2-3-5-8(7)10;1-10-8-5-3-2-4-7(8)6-9-10;1-6-2-4-7-5-3-6;1-5-2-3-6-4-7-5;1-5-2-3-6-7-4-5;1-4-6-2-5-3-7-4;1-4-2-6-7-3-5-4;1-6-4-2-3-5-6/h2-7H,1H3;2-7H,1H3;2*2-6H,1H3;2-5H,1H3;2*2-4H,1H3;2*2-3H,1H3;2H,1H3. The Morgan fingerprint density at radius 1 is 0.354 bits per heavy atom. The van der Waals surface area contributed by atoms with Crippen molar-refractivity contribution in [3.05, 3.63) is 261 Å². The maximum atomic E-state index is 4.28. The molecule has 21 heteroatoms. The van der Waals surface area contributed by atoms with Crippen molar-refractivity contribution < 1.29 is 0 Å². The molecule has 0 radical (unpaired) electrons. The predicted molar refractivity (Wildman–Crippen MR) is 321 cm³/mol. The fourth-order valence-corrected chi connectivity index (χ4v) is 6.54. The van der Waals surface area contributed by atoms with Crippen LogP contribution in [0.2, 0.25) is 0 Å². The van der Waals surface area contributed by atoms with Gasteiger partial charge in [0.25, 0.3) is 0 Å². The summed E-state index contributed by atoms with van der Waals surface area (Å²) in [6.45, 7) is 11.7. The lowest BCUT2D eigenvalue weighted by molar-refractivity contribution is 0.630. The monoisotopic (exact) mass is 1090 g/mol. The van der Waals surface area contributed by atoms with E-state index in [9.17, 15) is 0 Å². The molecule has 0 amide bonds. The van der Waals surface area contributed by atoms with Crippen molar-refractivity contribution >= 4 is 43.7 Å². The second kappa shape index (κ2) is 35.6. The first-order valence-electron chi connectivity index (χ1n) is 25.6. The lowest BCUT2D eigenvalue weighted by atomic mass is 10.2. The van der Waals surface area contributed by atoms with E-state index < -0.39 is 0 Å². The Morgan fingerprint density at radius 2 is 0.976 bits per heavy atom. The maximum absolute atomic E-state index is 4.28. The quantitative estimate of drug-likeness (QED) is 0.137. The largest absolute Gasteiger partial charge is 0.351 e. The summed E-state index contributed by atoms with van der Waals surface area (Å²) in [6.07, 6.45) is 25.3. The van der Waals surface area contributed by atoms with Gasteiger partial charge in [-0.1, -0.05) is 66.7 Å². The van der Waals surface area contributed by atoms with Crippen LogP contribution in [-0.2, 0) is 28.2 Å². The molecular formula is C61H67N21. The molecule has 0 fully saturated rings. The summed E-state index contributed by atoms with van der Waals surface area (Å²) in [7, 11) is 7.72. The second-order valence-corrected chi connectivity index (χ2v) is 17.5. The van der Waals surface area contributed by atoms with E-state index in [0.717, 1.165) is 33.8 Å². The third-order valence-corrected chi connectivity index (χ3v) is 10.8. The van der Waals surface area contributed by atoms with Crippen molar-refractivity contribution in [2.75, 3.05) is 0 Å². The highest BCUT2D eigenvalue weighted by Crippen LogP contribution is 2.14. The number of imidazole rings is 1. The van der Waals surface area contributed by atoms with Crippen LogP contribution in [0.4, 0.5) is 0 Å². The molecule has 14 aromatic rings. The Balaban J connectivity index is 0.000000168. The Kier molecular flexibility index (Phi) is 26.9. The Morgan fingerprint density at radius 3 is 1.46 bits per heavy atom. The van der Waals surface area contributed by atoms with Crippen molar-refractivity contribution in [1.82, 2.24) is 104 Å². The molecule has 0 atom stereocenters. The highest BCUT2D eigenvalue weighted by atomic mass is 15.6. The number of rotatable bonds is 0. The third kappa shape index (κ3) is 23.8. The summed E-state index contributed by atoms with van der Waals surface area (Å²) in [4.78, 5) is 36.2. The average Bonchev–Trinajstić information content (AvgIpc) is 4.40. The lowest BCUT2D eigenvalue weighted by Crippen LogP contribution is -1.90. The molecule has 0 spiro atoms. The third-order valence-electron chi connectivity index (χ3n) is 10.8. The van der Waals surface area contributed by atoms with Gasteiger partial charge in [0.15, 0.2) is 6.33 Å². The van der Waals surface area contributed by atoms with Crippen LogP contribution in [0.3, 0.4) is 0 Å². The summed E-state index contributed by atoms with van der Waals surface area (Å²) in [6, 6.07) is 44.7. The van der Waals surface area contributed by atoms with E-state index in [-0.39, 0.29) is 0 Å². The lowest BCUT2D eigenvalue weighted by Gasteiger charge is -1.95. The summed E-state index contributed by atoms with van der Waals surface area (Å²) in [5.74, 6) is 0.759. The number of hydrogen-bond acceptors (Lipinski definition) is 17. The van der Waals surface area contributed by atoms with Crippen LogP contribution >= 0.6 is 0 Å². The molecule has 0 aliphatic rings. The van der Waals surface area contributed by atoms with E-state index >= 15 is 0 Å². The molecule has 0 N–H and O–H groups in total. The normalized spacial score (nSPS) is 9.59. The SMILES string of the molecule is Cc1ccncc1.Cc1ccncn1.Cc1ccnnc1.Cc1cnc2ccccc2c1.Cc1cnncn1.Cc1ncncn1.Cn1ccc2ccccc21.Cn1cnc2ccccc21.Cn1ncc2ccccc21.Cn1ncnn1. The number of fused-ring (bicyclic) bond motifs is 4. The van der Waals surface area contributed by atoms with Crippen molar-refractivity contribution in [2.24, 2.45) is 28.2 Å². The highest BCUT2D eigenvalue weighted by molar-refractivity contribution is 5.80. The molecule has 0 unspecified atom stereocenters. The van der Waals surface area contributed by atoms with E-state index in [1.165, 1.54) is 80.3 Å². The summed E-state index contributed by atoms with van der Waals surface area (Å²) >= 11 is 0. The maximum Gasteiger partial charge on any atom is 0.162 e. The molecule has 0 bridgehead atoms. The molecule has 0 saturated carbocycles. The summed E-state index contributed by atoms with van der Waals surface area (Å²) in [5.41, 5.74) is 11.3. The van der Waals surface area contributed by atoms with Gasteiger partial charge < -0.3 is 9.13 Å². The van der Waals surface area contributed by atoms with Crippen LogP contribution in [0.25, 0.3) is 43.7 Å². The Labute approximate surface area is 477 Å². The minimum absolute atomic E-state index is 0.759. The number of hydrogen-bond donors (Lipinski definition) is 0. The van der Waals surface area contributed by atoms with Gasteiger partial charge in [-0.2, -0.15) is 25.2 Å². The fourth-order valence-electron chi connectivity index (χ4n) is 6.54. The molecular weight excluding hydrogens is 1030 g/mol. The number of aryl methyl sites for hydroxylation is 10. The van der Waals surface area contributed by atoms with E-state index in [2.05, 4.69) is 171 Å². The number of para-hydroxylation sites is 5. The van der Waals surface area contributed by atoms with Crippen LogP contribution in [0, 0.1) is 41.5 Å². The number of benzene rings is 4. The summed E-state index contributed by atoms with van der Waals surface area (Å²) < 4.78 is 6.00. The van der Waals surface area contributed by atoms with Gasteiger partial charge in [-0.15, -0.1) is 15.3 Å². The molecule has 0 saturated heterocycles. The summed E-state index contributed by atoms with van der Waals surface area (Å²) in [5, 5.41) is 32.6. The van der Waals surface area contributed by atoms with Crippen molar-refractivity contribution in [2.45, 2.75) is 41.5 Å². The minimum atomic E-state index is 0.759. The number of nitrogens with zero attached hydrogens (tertiary/aromatic N) is 21. The minimum Gasteiger partial charge on any atom is -0.351 e. The van der Waals surface area contributed by atoms with Gasteiger partial charge in [-0.3, -0.25) is 14.6 Å². The van der Waals surface area contributed by atoms with Gasteiger partial charge in [0, 0.05) is 80.3 Å². The van der Waals surface area contributed by atoms with E-state index in [4.69, 9.17) is 0 Å². The van der Waals surface area contributed by atoms with Crippen molar-refractivity contribution in [1.29, 1.82) is 0 Å². The number of aromatic nitrogens is 21. The van der Waals surface area contributed by atoms with Crippen LogP contribution in [-0.4, -0.2) is 104 Å². The number of pyridine rings is 2. The predicted octanol–water partition coefficient (Wildman–Crippen LogP) is 10.4. The molecule has 10 aromatic heterocycles. The number of tetrazole rings is 1. The molecule has 14 rings (SSSR count). The topological polar surface area (TPSA) is 239 Å². The molecule has 0 aliphatic heterocycles. The van der Waals surface area contributed by atoms with Crippen molar-refractivity contribution in [3.8, 4) is 0 Å². The second-order valence-electron chi connectivity index (χ2n) is 17.5. The smallest absolute Gasteiger partial charge is 0.162 e. The molecule has 4 aromatic carbocycles. The van der Waals surface area contributed by atoms with Crippen LogP contribution in [0.5, 0.6) is 0 Å². The van der Waals surface area contributed by atoms with Gasteiger partial charge in [0.05, 0.1) is 59.7 Å². The molecule has 0 aliphatic carbocycles. The zero-order chi connectivity index (χ0) is 58.6. The van der Waals surface area contributed by atoms with Crippen LogP contribution in [0.1, 0.15) is 33.9 Å². The Bertz CT molecular complexity index is 3490. The highest BCUT2D eigenvalue weighted by Gasteiger charge is 1.96. The first kappa shape index (κ1) is 62.0. The van der Waals surface area contributed by atoms with Gasteiger partial charge in [0.1, 0.15) is 31.1 Å². The molecule has 416 valence electrons. The van der Waals surface area contributed by atoms with Gasteiger partial charge in [0.2, 0.25) is 0 Å². The van der Waals surface area contributed by atoms with Gasteiger partial charge in [-0.25, -0.2) is 34.9 Å². The molecule has 21 nitrogen and oxygen atoms in total. The first-order chi connectivity index (χ1) is 39.9.